The lowest BCUT2D eigenvalue weighted by molar-refractivity contribution is -0.136. The Bertz CT molecular complexity index is 982. The van der Waals surface area contributed by atoms with Gasteiger partial charge in [-0.25, -0.2) is 0 Å². The minimum Gasteiger partial charge on any atom is -0.497 e. The van der Waals surface area contributed by atoms with Crippen LogP contribution in [0.1, 0.15) is 18.9 Å². The number of imide groups is 1. The van der Waals surface area contributed by atoms with Crippen LogP contribution in [0.4, 0.5) is 5.69 Å². The summed E-state index contributed by atoms with van der Waals surface area (Å²) in [7, 11) is 3.06. The Morgan fingerprint density at radius 1 is 0.966 bits per heavy atom. The van der Waals surface area contributed by atoms with Crippen LogP contribution in [0, 0.1) is 0 Å². The van der Waals surface area contributed by atoms with Crippen LogP contribution in [0.3, 0.4) is 0 Å². The van der Waals surface area contributed by atoms with E-state index < -0.39 is 11.8 Å². The molecule has 0 saturated carbocycles. The van der Waals surface area contributed by atoms with Crippen molar-refractivity contribution in [2.45, 2.75) is 13.3 Å². The molecule has 0 unspecified atom stereocenters. The maximum atomic E-state index is 13.1. The quantitative estimate of drug-likeness (QED) is 0.644. The predicted octanol–water partition coefficient (Wildman–Crippen LogP) is 4.61. The molecule has 1 aliphatic heterocycles. The van der Waals surface area contributed by atoms with E-state index in [4.69, 9.17) is 32.7 Å². The first-order valence-electron chi connectivity index (χ1n) is 8.95. The highest BCUT2D eigenvalue weighted by Gasteiger charge is 2.39. The fourth-order valence-corrected chi connectivity index (χ4v) is 3.59. The molecule has 0 aromatic heterocycles. The highest BCUT2D eigenvalue weighted by atomic mass is 35.5. The van der Waals surface area contributed by atoms with Gasteiger partial charge in [-0.15, -0.1) is 0 Å². The number of methoxy groups -OCH3 is 2. The number of benzene rings is 2. The van der Waals surface area contributed by atoms with Crippen molar-refractivity contribution in [2.24, 2.45) is 0 Å². The van der Waals surface area contributed by atoms with Crippen LogP contribution in [0.15, 0.2) is 42.1 Å². The summed E-state index contributed by atoms with van der Waals surface area (Å²) in [6.45, 7) is 2.20. The molecule has 29 heavy (non-hydrogen) atoms. The number of nitrogens with zero attached hydrogens (tertiary/aromatic N) is 1. The van der Waals surface area contributed by atoms with Gasteiger partial charge >= 0.3 is 0 Å². The average molecular weight is 435 g/mol. The number of anilines is 1. The first kappa shape index (κ1) is 21.0. The molecule has 0 bridgehead atoms. The minimum atomic E-state index is -0.417. The summed E-state index contributed by atoms with van der Waals surface area (Å²) in [4.78, 5) is 27.3. The maximum absolute atomic E-state index is 13.1. The van der Waals surface area contributed by atoms with Crippen molar-refractivity contribution < 1.29 is 19.1 Å². The molecule has 0 saturated heterocycles. The van der Waals surface area contributed by atoms with Crippen molar-refractivity contribution in [2.75, 3.05) is 26.1 Å². The van der Waals surface area contributed by atoms with Gasteiger partial charge in [0, 0.05) is 41.0 Å². The minimum absolute atomic E-state index is 0.142. The summed E-state index contributed by atoms with van der Waals surface area (Å²) < 4.78 is 10.6. The fraction of sp³-hybridized carbons (Fsp3) is 0.238. The highest BCUT2D eigenvalue weighted by Crippen LogP contribution is 2.36. The van der Waals surface area contributed by atoms with Gasteiger partial charge in [-0.05, 0) is 18.6 Å². The molecule has 152 valence electrons. The van der Waals surface area contributed by atoms with Crippen molar-refractivity contribution in [3.8, 4) is 11.5 Å². The number of ether oxygens (including phenoxy) is 2. The number of carbonyl (C=O) groups excluding carboxylic acids is 2. The van der Waals surface area contributed by atoms with E-state index in [0.29, 0.717) is 40.7 Å². The van der Waals surface area contributed by atoms with Crippen LogP contribution in [0.2, 0.25) is 10.0 Å². The van der Waals surface area contributed by atoms with E-state index >= 15 is 0 Å². The summed E-state index contributed by atoms with van der Waals surface area (Å²) in [5.41, 5.74) is 1.32. The Morgan fingerprint density at radius 2 is 1.62 bits per heavy atom. The van der Waals surface area contributed by atoms with Crippen LogP contribution in [-0.2, 0) is 9.59 Å². The Balaban J connectivity index is 2.13. The topological polar surface area (TPSA) is 67.9 Å². The van der Waals surface area contributed by atoms with Crippen LogP contribution >= 0.6 is 23.2 Å². The molecule has 2 aromatic carbocycles. The van der Waals surface area contributed by atoms with Crippen molar-refractivity contribution >= 4 is 46.3 Å². The molecule has 2 amide bonds. The van der Waals surface area contributed by atoms with Crippen molar-refractivity contribution in [3.05, 3.63) is 57.7 Å². The molecule has 0 spiro atoms. The molecule has 0 atom stereocenters. The van der Waals surface area contributed by atoms with Gasteiger partial charge in [0.05, 0.1) is 24.8 Å². The van der Waals surface area contributed by atoms with Crippen LogP contribution < -0.4 is 14.8 Å². The second kappa shape index (κ2) is 8.76. The summed E-state index contributed by atoms with van der Waals surface area (Å²) >= 11 is 12.3. The molecule has 0 aliphatic carbocycles. The molecule has 1 heterocycles. The Kier molecular flexibility index (Phi) is 6.35. The first-order chi connectivity index (χ1) is 13.9. The van der Waals surface area contributed by atoms with Crippen LogP contribution in [0.25, 0.3) is 5.57 Å². The zero-order valence-electron chi connectivity index (χ0n) is 16.2. The van der Waals surface area contributed by atoms with Crippen molar-refractivity contribution in [3.63, 3.8) is 0 Å². The molecule has 8 heteroatoms. The number of hydrogen-bond donors (Lipinski definition) is 1. The van der Waals surface area contributed by atoms with E-state index in [2.05, 4.69) is 5.32 Å². The van der Waals surface area contributed by atoms with Gasteiger partial charge in [0.25, 0.3) is 11.8 Å². The number of carbonyl (C=O) groups is 2. The second-order valence-corrected chi connectivity index (χ2v) is 7.21. The van der Waals surface area contributed by atoms with Crippen LogP contribution in [0.5, 0.6) is 11.5 Å². The van der Waals surface area contributed by atoms with Gasteiger partial charge in [0.2, 0.25) is 0 Å². The zero-order chi connectivity index (χ0) is 21.1. The van der Waals surface area contributed by atoms with Gasteiger partial charge in [0.1, 0.15) is 17.2 Å². The second-order valence-electron chi connectivity index (χ2n) is 6.36. The molecule has 2 aromatic rings. The van der Waals surface area contributed by atoms with E-state index in [9.17, 15) is 9.59 Å². The predicted molar refractivity (Wildman–Crippen MR) is 114 cm³/mol. The summed E-state index contributed by atoms with van der Waals surface area (Å²) in [6.07, 6.45) is 0.638. The summed E-state index contributed by atoms with van der Waals surface area (Å²) in [6, 6.07) is 9.92. The van der Waals surface area contributed by atoms with Gasteiger partial charge < -0.3 is 14.8 Å². The van der Waals surface area contributed by atoms with Crippen molar-refractivity contribution in [1.82, 2.24) is 4.90 Å². The lowest BCUT2D eigenvalue weighted by Crippen LogP contribution is -2.33. The third-order valence-corrected chi connectivity index (χ3v) is 4.98. The van der Waals surface area contributed by atoms with E-state index in [0.717, 1.165) is 0 Å². The van der Waals surface area contributed by atoms with Crippen LogP contribution in [-0.4, -0.2) is 37.5 Å². The molecule has 3 rings (SSSR count). The number of hydrogen-bond acceptors (Lipinski definition) is 5. The average Bonchev–Trinajstić information content (AvgIpc) is 2.92. The Morgan fingerprint density at radius 3 is 2.17 bits per heavy atom. The third-order valence-electron chi connectivity index (χ3n) is 4.44. The largest absolute Gasteiger partial charge is 0.497 e. The molecular formula is C21H20Cl2N2O4. The van der Waals surface area contributed by atoms with Gasteiger partial charge in [-0.2, -0.15) is 0 Å². The lowest BCUT2D eigenvalue weighted by Gasteiger charge is -2.14. The standard InChI is InChI=1S/C21H20Cl2N2O4/c1-4-7-25-20(26)18(16-6-5-12(22)8-17(16)23)19(21(25)27)24-13-9-14(28-2)11-15(10-13)29-3/h5-6,8-11,24H,4,7H2,1-3H3. The number of amides is 2. The SMILES string of the molecule is CCCN1C(=O)C(Nc2cc(OC)cc(OC)c2)=C(c2ccc(Cl)cc2Cl)C1=O. The van der Waals surface area contributed by atoms with Crippen molar-refractivity contribution in [1.29, 1.82) is 0 Å². The summed E-state index contributed by atoms with van der Waals surface area (Å²) in [5.74, 6) is 0.263. The molecule has 1 aliphatic rings. The number of rotatable bonds is 7. The summed E-state index contributed by atoms with van der Waals surface area (Å²) in [5, 5.41) is 3.79. The molecule has 0 fully saturated rings. The number of nitrogens with one attached hydrogen (secondary N) is 1. The van der Waals surface area contributed by atoms with E-state index in [1.54, 1.807) is 30.3 Å². The van der Waals surface area contributed by atoms with E-state index in [1.807, 2.05) is 6.92 Å². The highest BCUT2D eigenvalue weighted by molar-refractivity contribution is 6.41. The van der Waals surface area contributed by atoms with Gasteiger partial charge in [-0.1, -0.05) is 36.2 Å². The molecule has 6 nitrogen and oxygen atoms in total. The zero-order valence-corrected chi connectivity index (χ0v) is 17.7. The van der Waals surface area contributed by atoms with E-state index in [1.165, 1.54) is 25.2 Å². The lowest BCUT2D eigenvalue weighted by atomic mass is 10.0. The number of halogens is 2. The fourth-order valence-electron chi connectivity index (χ4n) is 3.08. The normalized spacial score (nSPS) is 13.9. The molecule has 0 radical (unpaired) electrons. The van der Waals surface area contributed by atoms with E-state index in [-0.39, 0.29) is 16.3 Å². The Labute approximate surface area is 179 Å². The van der Waals surface area contributed by atoms with Gasteiger partial charge in [0.15, 0.2) is 0 Å². The Hall–Kier alpha value is -2.70. The third kappa shape index (κ3) is 4.18. The first-order valence-corrected chi connectivity index (χ1v) is 9.71. The van der Waals surface area contributed by atoms with Gasteiger partial charge in [-0.3, -0.25) is 14.5 Å². The molecule has 1 N–H and O–H groups in total. The smallest absolute Gasteiger partial charge is 0.278 e. The maximum Gasteiger partial charge on any atom is 0.278 e. The monoisotopic (exact) mass is 434 g/mol. The molecular weight excluding hydrogens is 415 g/mol.